The summed E-state index contributed by atoms with van der Waals surface area (Å²) in [6, 6.07) is 3.87. The Hall–Kier alpha value is -3.21. The summed E-state index contributed by atoms with van der Waals surface area (Å²) >= 11 is 0. The smallest absolute Gasteiger partial charge is 0.368 e. The number of likely N-dealkylation sites (tertiary alicyclic amines) is 1. The van der Waals surface area contributed by atoms with E-state index in [0.29, 0.717) is 36.4 Å². The Bertz CT molecular complexity index is 1170. The molecule has 2 amide bonds. The lowest BCUT2D eigenvalue weighted by molar-refractivity contribution is -0.137. The number of alkyl halides is 3. The third-order valence-corrected chi connectivity index (χ3v) is 7.68. The monoisotopic (exact) mass is 502 g/mol. The number of anilines is 1. The molecule has 0 spiro atoms. The number of hydrogen-bond acceptors (Lipinski definition) is 6. The fourth-order valence-corrected chi connectivity index (χ4v) is 5.77. The minimum Gasteiger partial charge on any atom is -0.368 e. The van der Waals surface area contributed by atoms with E-state index < -0.39 is 17.6 Å². The molecule has 1 aromatic heterocycles. The molecule has 11 heteroatoms. The van der Waals surface area contributed by atoms with Crippen molar-refractivity contribution in [1.29, 1.82) is 0 Å². The van der Waals surface area contributed by atoms with Gasteiger partial charge in [-0.25, -0.2) is 9.97 Å². The fourth-order valence-electron chi connectivity index (χ4n) is 5.77. The first-order chi connectivity index (χ1) is 17.2. The number of primary amides is 1. The summed E-state index contributed by atoms with van der Waals surface area (Å²) in [6.45, 7) is 1.22. The van der Waals surface area contributed by atoms with Crippen molar-refractivity contribution in [2.45, 2.75) is 56.4 Å². The quantitative estimate of drug-likeness (QED) is 0.630. The standard InChI is InChI=1S/C25H29F3N6O2/c26-25(27,28)16-6-9-21-19(10-16)24(31-14-30-21)34(13-22(29)35)18-11-33(12-18)17-7-4-15(5-8-17)20-2-1-3-23(36)32-20/h1,3,6,9-10,14-15,17-18,20H,2,4-5,7-8,11-13H2,(H2,29,35)(H,32,36). The molecule has 1 saturated carbocycles. The van der Waals surface area contributed by atoms with Gasteiger partial charge in [0.25, 0.3) is 0 Å². The van der Waals surface area contributed by atoms with Crippen molar-refractivity contribution >= 4 is 28.5 Å². The molecule has 2 fully saturated rings. The summed E-state index contributed by atoms with van der Waals surface area (Å²) in [5.74, 6) is 0.164. The van der Waals surface area contributed by atoms with Crippen LogP contribution in [-0.2, 0) is 15.8 Å². The van der Waals surface area contributed by atoms with Gasteiger partial charge < -0.3 is 16.0 Å². The van der Waals surface area contributed by atoms with Crippen LogP contribution in [0.1, 0.15) is 37.7 Å². The first-order valence-corrected chi connectivity index (χ1v) is 12.3. The predicted octanol–water partition coefficient (Wildman–Crippen LogP) is 2.63. The Morgan fingerprint density at radius 3 is 2.58 bits per heavy atom. The van der Waals surface area contributed by atoms with Crippen molar-refractivity contribution in [3.8, 4) is 0 Å². The van der Waals surface area contributed by atoms with E-state index in [9.17, 15) is 22.8 Å². The zero-order valence-electron chi connectivity index (χ0n) is 19.7. The highest BCUT2D eigenvalue weighted by Crippen LogP contribution is 2.37. The van der Waals surface area contributed by atoms with Gasteiger partial charge in [-0.2, -0.15) is 13.2 Å². The van der Waals surface area contributed by atoms with Gasteiger partial charge in [0, 0.05) is 30.6 Å². The van der Waals surface area contributed by atoms with Crippen molar-refractivity contribution < 1.29 is 22.8 Å². The molecule has 1 aromatic carbocycles. The number of amides is 2. The molecule has 1 aliphatic carbocycles. The van der Waals surface area contributed by atoms with Crippen LogP contribution < -0.4 is 16.0 Å². The average molecular weight is 503 g/mol. The molecule has 1 saturated heterocycles. The maximum absolute atomic E-state index is 13.4. The number of nitrogens with one attached hydrogen (secondary N) is 1. The third kappa shape index (κ3) is 5.02. The number of hydrogen-bond donors (Lipinski definition) is 2. The molecule has 3 heterocycles. The average Bonchev–Trinajstić information content (AvgIpc) is 2.81. The summed E-state index contributed by atoms with van der Waals surface area (Å²) in [6.07, 6.45) is 5.32. The molecule has 192 valence electrons. The molecule has 1 atom stereocenters. The number of fused-ring (bicyclic) bond motifs is 1. The summed E-state index contributed by atoms with van der Waals surface area (Å²) in [5, 5.41) is 3.32. The molecule has 5 rings (SSSR count). The van der Waals surface area contributed by atoms with Crippen LogP contribution >= 0.6 is 0 Å². The highest BCUT2D eigenvalue weighted by molar-refractivity contribution is 5.92. The van der Waals surface area contributed by atoms with Crippen LogP contribution in [0.25, 0.3) is 10.9 Å². The van der Waals surface area contributed by atoms with Crippen LogP contribution in [0.15, 0.2) is 36.7 Å². The first kappa shape index (κ1) is 24.5. The number of nitrogens with two attached hydrogens (primary N) is 1. The maximum Gasteiger partial charge on any atom is 0.416 e. The lowest BCUT2D eigenvalue weighted by atomic mass is 9.78. The molecular weight excluding hydrogens is 473 g/mol. The van der Waals surface area contributed by atoms with Crippen molar-refractivity contribution in [2.24, 2.45) is 11.7 Å². The van der Waals surface area contributed by atoms with Crippen molar-refractivity contribution in [3.63, 3.8) is 0 Å². The van der Waals surface area contributed by atoms with Crippen LogP contribution in [0.2, 0.25) is 0 Å². The molecule has 3 aliphatic rings. The lowest BCUT2D eigenvalue weighted by Crippen LogP contribution is -2.64. The van der Waals surface area contributed by atoms with E-state index >= 15 is 0 Å². The topological polar surface area (TPSA) is 104 Å². The van der Waals surface area contributed by atoms with E-state index in [1.54, 1.807) is 11.0 Å². The van der Waals surface area contributed by atoms with E-state index in [0.717, 1.165) is 44.2 Å². The number of nitrogens with zero attached hydrogens (tertiary/aromatic N) is 4. The molecule has 1 unspecified atom stereocenters. The van der Waals surface area contributed by atoms with Gasteiger partial charge >= 0.3 is 6.18 Å². The normalized spacial score (nSPS) is 25.4. The van der Waals surface area contributed by atoms with E-state index in [1.165, 1.54) is 12.4 Å². The number of benzene rings is 1. The summed E-state index contributed by atoms with van der Waals surface area (Å²) in [4.78, 5) is 36.0. The summed E-state index contributed by atoms with van der Waals surface area (Å²) in [7, 11) is 0. The van der Waals surface area contributed by atoms with Gasteiger partial charge in [-0.3, -0.25) is 14.5 Å². The van der Waals surface area contributed by atoms with Gasteiger partial charge in [0.1, 0.15) is 12.1 Å². The maximum atomic E-state index is 13.4. The van der Waals surface area contributed by atoms with Gasteiger partial charge in [0.15, 0.2) is 0 Å². The summed E-state index contributed by atoms with van der Waals surface area (Å²) < 4.78 is 40.1. The van der Waals surface area contributed by atoms with E-state index in [-0.39, 0.29) is 29.9 Å². The van der Waals surface area contributed by atoms with Gasteiger partial charge in [-0.1, -0.05) is 6.08 Å². The second-order valence-corrected chi connectivity index (χ2v) is 9.95. The molecule has 36 heavy (non-hydrogen) atoms. The zero-order valence-corrected chi connectivity index (χ0v) is 19.7. The zero-order chi connectivity index (χ0) is 25.4. The van der Waals surface area contributed by atoms with Crippen LogP contribution in [-0.4, -0.2) is 64.4 Å². The van der Waals surface area contributed by atoms with E-state index in [2.05, 4.69) is 20.2 Å². The van der Waals surface area contributed by atoms with Gasteiger partial charge in [0.05, 0.1) is 23.7 Å². The molecule has 0 radical (unpaired) electrons. The van der Waals surface area contributed by atoms with Gasteiger partial charge in [-0.15, -0.1) is 0 Å². The van der Waals surface area contributed by atoms with Crippen LogP contribution in [0, 0.1) is 5.92 Å². The molecule has 3 N–H and O–H groups in total. The Labute approximate surface area is 206 Å². The number of aromatic nitrogens is 2. The van der Waals surface area contributed by atoms with Crippen LogP contribution in [0.3, 0.4) is 0 Å². The van der Waals surface area contributed by atoms with Crippen LogP contribution in [0.4, 0.5) is 19.0 Å². The highest BCUT2D eigenvalue weighted by atomic mass is 19.4. The second-order valence-electron chi connectivity index (χ2n) is 9.95. The van der Waals surface area contributed by atoms with Crippen molar-refractivity contribution in [2.75, 3.05) is 24.5 Å². The molecule has 2 aliphatic heterocycles. The minimum absolute atomic E-state index is 0.0203. The Morgan fingerprint density at radius 2 is 1.92 bits per heavy atom. The SMILES string of the molecule is NC(=O)CN(c1ncnc2ccc(C(F)(F)F)cc12)C1CN(C2CCC(C3CC=CC(=O)N3)CC2)C1. The summed E-state index contributed by atoms with van der Waals surface area (Å²) in [5.41, 5.74) is 5.10. The van der Waals surface area contributed by atoms with Crippen LogP contribution in [0.5, 0.6) is 0 Å². The second kappa shape index (κ2) is 9.68. The molecule has 2 aromatic rings. The lowest BCUT2D eigenvalue weighted by Gasteiger charge is -2.50. The highest BCUT2D eigenvalue weighted by Gasteiger charge is 2.40. The Morgan fingerprint density at radius 1 is 1.17 bits per heavy atom. The number of carbonyl (C=O) groups is 2. The Kier molecular flexibility index (Phi) is 6.59. The first-order valence-electron chi connectivity index (χ1n) is 12.3. The predicted molar refractivity (Wildman–Crippen MR) is 128 cm³/mol. The molecule has 8 nitrogen and oxygen atoms in total. The largest absolute Gasteiger partial charge is 0.416 e. The van der Waals surface area contributed by atoms with E-state index in [4.69, 9.17) is 5.73 Å². The molecular formula is C25H29F3N6O2. The van der Waals surface area contributed by atoms with E-state index in [1.807, 2.05) is 6.08 Å². The fraction of sp³-hybridized carbons (Fsp3) is 0.520. The number of rotatable bonds is 6. The molecule has 0 bridgehead atoms. The minimum atomic E-state index is -4.50. The van der Waals surface area contributed by atoms with Gasteiger partial charge in [-0.05, 0) is 62.3 Å². The third-order valence-electron chi connectivity index (χ3n) is 7.68. The van der Waals surface area contributed by atoms with Crippen molar-refractivity contribution in [1.82, 2.24) is 20.2 Å². The Balaban J connectivity index is 1.27. The van der Waals surface area contributed by atoms with Crippen molar-refractivity contribution in [3.05, 3.63) is 42.2 Å². The number of carbonyl (C=O) groups excluding carboxylic acids is 2. The van der Waals surface area contributed by atoms with Gasteiger partial charge in [0.2, 0.25) is 11.8 Å². The number of halogens is 3.